The molecule has 1 heterocycles. The Morgan fingerprint density at radius 3 is 2.92 bits per heavy atom. The van der Waals surface area contributed by atoms with Gasteiger partial charge in [-0.15, -0.1) is 11.8 Å². The van der Waals surface area contributed by atoms with E-state index in [0.717, 1.165) is 24.2 Å². The normalized spacial score (nSPS) is 15.0. The molecule has 1 saturated carbocycles. The molecule has 0 radical (unpaired) electrons. The minimum absolute atomic E-state index is 0.0864. The van der Waals surface area contributed by atoms with Crippen LogP contribution in [0.15, 0.2) is 28.8 Å². The molecule has 3 rings (SSSR count). The Morgan fingerprint density at radius 2 is 2.12 bits per heavy atom. The van der Waals surface area contributed by atoms with Gasteiger partial charge in [0.25, 0.3) is 0 Å². The lowest BCUT2D eigenvalue weighted by atomic mass is 9.95. The van der Waals surface area contributed by atoms with Crippen LogP contribution in [0.2, 0.25) is 0 Å². The minimum atomic E-state index is 0.0864. The highest BCUT2D eigenvalue weighted by atomic mass is 32.2. The van der Waals surface area contributed by atoms with Crippen molar-refractivity contribution in [2.75, 3.05) is 12.4 Å². The first-order valence-corrected chi connectivity index (χ1v) is 10.3. The van der Waals surface area contributed by atoms with Crippen LogP contribution in [0, 0.1) is 0 Å². The molecule has 1 aromatic carbocycles. The molecule has 0 bridgehead atoms. The van der Waals surface area contributed by atoms with E-state index in [2.05, 4.69) is 15.5 Å². The molecular weight excluding hydrogens is 350 g/mol. The number of carbonyl (C=O) groups excluding carboxylic acids is 1. The molecule has 1 fully saturated rings. The fourth-order valence-electron chi connectivity index (χ4n) is 3.10. The molecule has 1 aliphatic rings. The monoisotopic (exact) mass is 375 g/mol. The van der Waals surface area contributed by atoms with Gasteiger partial charge in [0.1, 0.15) is 5.75 Å². The molecule has 1 aliphatic carbocycles. The van der Waals surface area contributed by atoms with Crippen LogP contribution < -0.4 is 10.1 Å². The molecule has 0 saturated heterocycles. The molecule has 7 heteroatoms. The second-order valence-corrected chi connectivity index (χ2v) is 7.32. The van der Waals surface area contributed by atoms with Crippen molar-refractivity contribution in [3.8, 4) is 17.1 Å². The van der Waals surface area contributed by atoms with Gasteiger partial charge < -0.3 is 14.6 Å². The summed E-state index contributed by atoms with van der Waals surface area (Å²) in [5.41, 5.74) is 0.810. The van der Waals surface area contributed by atoms with E-state index in [0.29, 0.717) is 35.9 Å². The number of hydrogen-bond donors (Lipinski definition) is 1. The fraction of sp³-hybridized carbons (Fsp3) is 0.526. The van der Waals surface area contributed by atoms with E-state index in [9.17, 15) is 4.79 Å². The van der Waals surface area contributed by atoms with Crippen molar-refractivity contribution in [2.45, 2.75) is 50.8 Å². The second kappa shape index (κ2) is 9.62. The van der Waals surface area contributed by atoms with Crippen molar-refractivity contribution in [2.24, 2.45) is 0 Å². The number of hydrogen-bond acceptors (Lipinski definition) is 6. The average molecular weight is 375 g/mol. The molecule has 1 aromatic heterocycles. The number of para-hydroxylation sites is 1. The number of amides is 1. The third-order valence-electron chi connectivity index (χ3n) is 4.32. The Morgan fingerprint density at radius 1 is 1.31 bits per heavy atom. The van der Waals surface area contributed by atoms with Crippen LogP contribution in [0.5, 0.6) is 5.75 Å². The lowest BCUT2D eigenvalue weighted by Crippen LogP contribution is -2.37. The Hall–Kier alpha value is -2.02. The zero-order chi connectivity index (χ0) is 18.2. The molecule has 1 amide bonds. The third kappa shape index (κ3) is 5.24. The first-order valence-electron chi connectivity index (χ1n) is 9.18. The zero-order valence-electron chi connectivity index (χ0n) is 15.1. The Balaban J connectivity index is 1.49. The Bertz CT molecular complexity index is 714. The number of carbonyl (C=O) groups is 1. The second-order valence-electron chi connectivity index (χ2n) is 6.34. The minimum Gasteiger partial charge on any atom is -0.493 e. The highest BCUT2D eigenvalue weighted by Crippen LogP contribution is 2.28. The Kier molecular flexibility index (Phi) is 6.94. The number of benzene rings is 1. The standard InChI is InChI=1S/C19H25N3O3S/c1-2-24-16-11-7-6-10-15(16)19-21-18(25-22-19)13-26-12-17(23)20-14-8-4-3-5-9-14/h6-7,10-11,14H,2-5,8-9,12-13H2,1H3,(H,20,23). The number of ether oxygens (including phenoxy) is 1. The molecule has 0 atom stereocenters. The van der Waals surface area contributed by atoms with Crippen molar-refractivity contribution in [1.82, 2.24) is 15.5 Å². The first kappa shape index (κ1) is 18.8. The van der Waals surface area contributed by atoms with Crippen molar-refractivity contribution in [3.05, 3.63) is 30.2 Å². The molecule has 6 nitrogen and oxygen atoms in total. The summed E-state index contributed by atoms with van der Waals surface area (Å²) < 4.78 is 10.9. The fourth-order valence-corrected chi connectivity index (χ4v) is 3.77. The SMILES string of the molecule is CCOc1ccccc1-c1noc(CSCC(=O)NC2CCCCC2)n1. The summed E-state index contributed by atoms with van der Waals surface area (Å²) in [4.78, 5) is 16.5. The van der Waals surface area contributed by atoms with Crippen LogP contribution in [-0.2, 0) is 10.5 Å². The number of nitrogens with one attached hydrogen (secondary N) is 1. The van der Waals surface area contributed by atoms with Crippen LogP contribution >= 0.6 is 11.8 Å². The summed E-state index contributed by atoms with van der Waals surface area (Å²) in [5, 5.41) is 7.16. The van der Waals surface area contributed by atoms with Gasteiger partial charge in [0.15, 0.2) is 0 Å². The number of rotatable bonds is 8. The molecule has 26 heavy (non-hydrogen) atoms. The number of thioether (sulfide) groups is 1. The summed E-state index contributed by atoms with van der Waals surface area (Å²) in [7, 11) is 0. The highest BCUT2D eigenvalue weighted by Gasteiger charge is 2.16. The molecule has 0 unspecified atom stereocenters. The lowest BCUT2D eigenvalue weighted by molar-refractivity contribution is -0.119. The highest BCUT2D eigenvalue weighted by molar-refractivity contribution is 7.99. The maximum absolute atomic E-state index is 12.0. The summed E-state index contributed by atoms with van der Waals surface area (Å²) in [5.74, 6) is 2.77. The first-order chi connectivity index (χ1) is 12.8. The van der Waals surface area contributed by atoms with Gasteiger partial charge in [-0.2, -0.15) is 4.98 Å². The van der Waals surface area contributed by atoms with Crippen LogP contribution in [0.25, 0.3) is 11.4 Å². The van der Waals surface area contributed by atoms with E-state index in [-0.39, 0.29) is 5.91 Å². The van der Waals surface area contributed by atoms with Crippen molar-refractivity contribution >= 4 is 17.7 Å². The van der Waals surface area contributed by atoms with E-state index >= 15 is 0 Å². The van der Waals surface area contributed by atoms with Crippen molar-refractivity contribution < 1.29 is 14.1 Å². The number of aromatic nitrogens is 2. The van der Waals surface area contributed by atoms with E-state index in [1.54, 1.807) is 0 Å². The van der Waals surface area contributed by atoms with Crippen molar-refractivity contribution in [3.63, 3.8) is 0 Å². The van der Waals surface area contributed by atoms with E-state index < -0.39 is 0 Å². The maximum atomic E-state index is 12.0. The predicted octanol–water partition coefficient (Wildman–Crippen LogP) is 3.82. The van der Waals surface area contributed by atoms with E-state index in [4.69, 9.17) is 9.26 Å². The summed E-state index contributed by atoms with van der Waals surface area (Å²) >= 11 is 1.49. The van der Waals surface area contributed by atoms with Gasteiger partial charge in [0.05, 0.1) is 23.7 Å². The molecule has 0 spiro atoms. The summed E-state index contributed by atoms with van der Waals surface area (Å²) in [6, 6.07) is 7.97. The maximum Gasteiger partial charge on any atom is 0.236 e. The summed E-state index contributed by atoms with van der Waals surface area (Å²) in [6.45, 7) is 2.52. The molecule has 2 aromatic rings. The topological polar surface area (TPSA) is 77.2 Å². The predicted molar refractivity (Wildman–Crippen MR) is 102 cm³/mol. The van der Waals surface area contributed by atoms with E-state index in [1.165, 1.54) is 31.0 Å². The van der Waals surface area contributed by atoms with Gasteiger partial charge in [-0.1, -0.05) is 36.6 Å². The quantitative estimate of drug-likeness (QED) is 0.756. The van der Waals surface area contributed by atoms with Crippen molar-refractivity contribution in [1.29, 1.82) is 0 Å². The molecule has 1 N–H and O–H groups in total. The van der Waals surface area contributed by atoms with Gasteiger partial charge in [-0.25, -0.2) is 0 Å². The van der Waals surface area contributed by atoms with Crippen LogP contribution in [-0.4, -0.2) is 34.4 Å². The van der Waals surface area contributed by atoms with Gasteiger partial charge in [-0.05, 0) is 31.9 Å². The average Bonchev–Trinajstić information content (AvgIpc) is 3.12. The smallest absolute Gasteiger partial charge is 0.236 e. The molecule has 140 valence electrons. The van der Waals surface area contributed by atoms with Crippen LogP contribution in [0.4, 0.5) is 0 Å². The molecule has 0 aliphatic heterocycles. The van der Waals surface area contributed by atoms with Gasteiger partial charge in [0.2, 0.25) is 17.6 Å². The Labute approximate surface area is 158 Å². The zero-order valence-corrected chi connectivity index (χ0v) is 15.9. The van der Waals surface area contributed by atoms with E-state index in [1.807, 2.05) is 31.2 Å². The van der Waals surface area contributed by atoms with Crippen LogP contribution in [0.1, 0.15) is 44.9 Å². The van der Waals surface area contributed by atoms with Gasteiger partial charge >= 0.3 is 0 Å². The lowest BCUT2D eigenvalue weighted by Gasteiger charge is -2.22. The van der Waals surface area contributed by atoms with Crippen LogP contribution in [0.3, 0.4) is 0 Å². The summed E-state index contributed by atoms with van der Waals surface area (Å²) in [6.07, 6.45) is 5.91. The van der Waals surface area contributed by atoms with Gasteiger partial charge in [-0.3, -0.25) is 4.79 Å². The number of nitrogens with zero attached hydrogens (tertiary/aromatic N) is 2. The largest absolute Gasteiger partial charge is 0.493 e. The van der Waals surface area contributed by atoms with Gasteiger partial charge in [0, 0.05) is 6.04 Å². The third-order valence-corrected chi connectivity index (χ3v) is 5.24. The molecular formula is C19H25N3O3S.